The number of benzene rings is 1. The summed E-state index contributed by atoms with van der Waals surface area (Å²) >= 11 is 0. The highest BCUT2D eigenvalue weighted by molar-refractivity contribution is 7.89. The SMILES string of the molecule is CN1C(=O)C(C2CCCCC2)N(C)c2nc(Nc3ccc(S(N)(=O)=O)cc3)ncc21. The van der Waals surface area contributed by atoms with Crippen molar-refractivity contribution in [1.29, 1.82) is 0 Å². The molecule has 1 aromatic carbocycles. The normalized spacial score (nSPS) is 20.2. The van der Waals surface area contributed by atoms with Crippen LogP contribution in [0.3, 0.4) is 0 Å². The van der Waals surface area contributed by atoms with Crippen LogP contribution in [-0.2, 0) is 14.8 Å². The number of fused-ring (bicyclic) bond motifs is 1. The molecule has 2 aliphatic rings. The zero-order valence-corrected chi connectivity index (χ0v) is 17.9. The Morgan fingerprint density at radius 3 is 2.40 bits per heavy atom. The van der Waals surface area contributed by atoms with Gasteiger partial charge >= 0.3 is 0 Å². The monoisotopic (exact) mass is 430 g/mol. The lowest BCUT2D eigenvalue weighted by Crippen LogP contribution is -2.55. The van der Waals surface area contributed by atoms with Crippen molar-refractivity contribution in [3.63, 3.8) is 0 Å². The van der Waals surface area contributed by atoms with Gasteiger partial charge in [-0.05, 0) is 43.0 Å². The van der Waals surface area contributed by atoms with E-state index in [2.05, 4.69) is 15.3 Å². The highest BCUT2D eigenvalue weighted by Gasteiger charge is 2.41. The van der Waals surface area contributed by atoms with Crippen molar-refractivity contribution in [2.45, 2.75) is 43.0 Å². The molecule has 3 N–H and O–H groups in total. The number of amides is 1. The number of carbonyl (C=O) groups excluding carboxylic acids is 1. The van der Waals surface area contributed by atoms with E-state index in [0.717, 1.165) is 25.7 Å². The zero-order chi connectivity index (χ0) is 21.5. The number of anilines is 4. The second kappa shape index (κ2) is 7.84. The van der Waals surface area contributed by atoms with Gasteiger partial charge in [0.1, 0.15) is 11.7 Å². The lowest BCUT2D eigenvalue weighted by molar-refractivity contribution is -0.121. The van der Waals surface area contributed by atoms with Crippen molar-refractivity contribution in [2.24, 2.45) is 11.1 Å². The Hall–Kier alpha value is -2.72. The van der Waals surface area contributed by atoms with Gasteiger partial charge in [-0.2, -0.15) is 4.98 Å². The van der Waals surface area contributed by atoms with Crippen molar-refractivity contribution in [2.75, 3.05) is 29.2 Å². The van der Waals surface area contributed by atoms with Crippen molar-refractivity contribution in [3.05, 3.63) is 30.5 Å². The van der Waals surface area contributed by atoms with Gasteiger partial charge in [0.2, 0.25) is 21.9 Å². The third-order valence-electron chi connectivity index (χ3n) is 5.98. The van der Waals surface area contributed by atoms with Gasteiger partial charge in [0.15, 0.2) is 5.82 Å². The molecule has 1 unspecified atom stereocenters. The first kappa shape index (κ1) is 20.5. The molecule has 0 radical (unpaired) electrons. The average Bonchev–Trinajstić information content (AvgIpc) is 2.73. The summed E-state index contributed by atoms with van der Waals surface area (Å²) in [7, 11) is -0.0556. The highest BCUT2D eigenvalue weighted by Crippen LogP contribution is 2.39. The number of primary sulfonamides is 1. The number of sulfonamides is 1. The summed E-state index contributed by atoms with van der Waals surface area (Å²) < 4.78 is 22.8. The molecule has 0 bridgehead atoms. The quantitative estimate of drug-likeness (QED) is 0.763. The molecule has 1 amide bonds. The Bertz CT molecular complexity index is 1050. The van der Waals surface area contributed by atoms with Gasteiger partial charge in [0.25, 0.3) is 0 Å². The fourth-order valence-electron chi connectivity index (χ4n) is 4.36. The Balaban J connectivity index is 1.61. The first-order chi connectivity index (χ1) is 14.3. The van der Waals surface area contributed by atoms with E-state index in [0.29, 0.717) is 29.1 Å². The topological polar surface area (TPSA) is 122 Å². The minimum atomic E-state index is -3.74. The minimum Gasteiger partial charge on any atom is -0.345 e. The van der Waals surface area contributed by atoms with E-state index in [9.17, 15) is 13.2 Å². The molecule has 2 heterocycles. The van der Waals surface area contributed by atoms with Crippen molar-refractivity contribution < 1.29 is 13.2 Å². The molecule has 2 aromatic rings. The summed E-state index contributed by atoms with van der Waals surface area (Å²) in [6.07, 6.45) is 7.28. The largest absolute Gasteiger partial charge is 0.345 e. The molecule has 4 rings (SSSR count). The van der Waals surface area contributed by atoms with E-state index in [4.69, 9.17) is 5.14 Å². The molecule has 1 saturated carbocycles. The molecule has 0 saturated heterocycles. The Morgan fingerprint density at radius 1 is 1.10 bits per heavy atom. The maximum absolute atomic E-state index is 13.0. The molecule has 9 nitrogen and oxygen atoms in total. The van der Waals surface area contributed by atoms with Crippen molar-refractivity contribution >= 4 is 39.1 Å². The van der Waals surface area contributed by atoms with Gasteiger partial charge in [-0.15, -0.1) is 0 Å². The van der Waals surface area contributed by atoms with Crippen LogP contribution in [0.25, 0.3) is 0 Å². The van der Waals surface area contributed by atoms with Crippen LogP contribution in [0.2, 0.25) is 0 Å². The minimum absolute atomic E-state index is 0.0367. The van der Waals surface area contributed by atoms with Gasteiger partial charge in [-0.3, -0.25) is 4.79 Å². The summed E-state index contributed by atoms with van der Waals surface area (Å²) in [6.45, 7) is 0. The number of nitrogens with two attached hydrogens (primary N) is 1. The molecular weight excluding hydrogens is 404 g/mol. The second-order valence-electron chi connectivity index (χ2n) is 7.95. The molecule has 10 heteroatoms. The van der Waals surface area contributed by atoms with Crippen LogP contribution >= 0.6 is 0 Å². The van der Waals surface area contributed by atoms with E-state index in [-0.39, 0.29) is 16.8 Å². The van der Waals surface area contributed by atoms with E-state index in [1.54, 1.807) is 30.3 Å². The van der Waals surface area contributed by atoms with Crippen LogP contribution in [0.15, 0.2) is 35.4 Å². The molecule has 160 valence electrons. The number of hydrogen-bond donors (Lipinski definition) is 2. The molecule has 1 aliphatic carbocycles. The van der Waals surface area contributed by atoms with Crippen molar-refractivity contribution in [3.8, 4) is 0 Å². The average molecular weight is 431 g/mol. The third-order valence-corrected chi connectivity index (χ3v) is 6.91. The van der Waals surface area contributed by atoms with E-state index >= 15 is 0 Å². The van der Waals surface area contributed by atoms with Gasteiger partial charge in [0, 0.05) is 19.8 Å². The predicted octanol–water partition coefficient (Wildman–Crippen LogP) is 2.23. The summed E-state index contributed by atoms with van der Waals surface area (Å²) in [5.74, 6) is 1.48. The summed E-state index contributed by atoms with van der Waals surface area (Å²) in [4.78, 5) is 25.7. The van der Waals surface area contributed by atoms with E-state index in [1.165, 1.54) is 18.6 Å². The Morgan fingerprint density at radius 2 is 1.77 bits per heavy atom. The number of hydrogen-bond acceptors (Lipinski definition) is 7. The van der Waals surface area contributed by atoms with Gasteiger partial charge in [0.05, 0.1) is 11.1 Å². The van der Waals surface area contributed by atoms with Gasteiger partial charge in [-0.1, -0.05) is 19.3 Å². The third kappa shape index (κ3) is 3.84. The summed E-state index contributed by atoms with van der Waals surface area (Å²) in [5.41, 5.74) is 1.30. The zero-order valence-electron chi connectivity index (χ0n) is 17.1. The predicted molar refractivity (Wildman–Crippen MR) is 115 cm³/mol. The maximum Gasteiger partial charge on any atom is 0.249 e. The second-order valence-corrected chi connectivity index (χ2v) is 9.51. The maximum atomic E-state index is 13.0. The van der Waals surface area contributed by atoms with Crippen molar-refractivity contribution in [1.82, 2.24) is 9.97 Å². The molecule has 30 heavy (non-hydrogen) atoms. The number of aromatic nitrogens is 2. The molecule has 1 aliphatic heterocycles. The van der Waals surface area contributed by atoms with E-state index in [1.807, 2.05) is 11.9 Å². The van der Waals surface area contributed by atoms with Crippen LogP contribution in [0.1, 0.15) is 32.1 Å². The summed E-state index contributed by atoms with van der Waals surface area (Å²) in [6, 6.07) is 5.83. The molecule has 0 spiro atoms. The number of nitrogens with zero attached hydrogens (tertiary/aromatic N) is 4. The Kier molecular flexibility index (Phi) is 5.37. The fraction of sp³-hybridized carbons (Fsp3) is 0.450. The van der Waals surface area contributed by atoms with Crippen LogP contribution < -0.4 is 20.3 Å². The number of nitrogens with one attached hydrogen (secondary N) is 1. The number of carbonyl (C=O) groups is 1. The van der Waals surface area contributed by atoms with Crippen LogP contribution in [0.5, 0.6) is 0 Å². The molecular formula is C20H26N6O3S. The summed E-state index contributed by atoms with van der Waals surface area (Å²) in [5, 5.41) is 8.22. The molecule has 1 atom stereocenters. The van der Waals surface area contributed by atoms with Crippen LogP contribution in [0.4, 0.5) is 23.1 Å². The van der Waals surface area contributed by atoms with Gasteiger partial charge < -0.3 is 15.1 Å². The Labute approximate surface area is 176 Å². The van der Waals surface area contributed by atoms with Crippen LogP contribution in [-0.4, -0.2) is 44.4 Å². The van der Waals surface area contributed by atoms with Crippen LogP contribution in [0, 0.1) is 5.92 Å². The van der Waals surface area contributed by atoms with E-state index < -0.39 is 10.0 Å². The molecule has 1 aromatic heterocycles. The fourth-order valence-corrected chi connectivity index (χ4v) is 4.88. The first-order valence-electron chi connectivity index (χ1n) is 10.0. The lowest BCUT2D eigenvalue weighted by atomic mass is 9.82. The number of rotatable bonds is 4. The first-order valence-corrected chi connectivity index (χ1v) is 11.6. The lowest BCUT2D eigenvalue weighted by Gasteiger charge is -2.43. The number of likely N-dealkylation sites (N-methyl/N-ethyl adjacent to an activating group) is 2. The van der Waals surface area contributed by atoms with Gasteiger partial charge in [-0.25, -0.2) is 18.5 Å². The highest BCUT2D eigenvalue weighted by atomic mass is 32.2. The smallest absolute Gasteiger partial charge is 0.249 e. The molecule has 1 fully saturated rings. The standard InChI is InChI=1S/C20H26N6O3S/c1-25-16-12-22-20(23-14-8-10-15(11-9-14)30(21,28)29)24-18(16)26(2)17(19(25)27)13-6-4-3-5-7-13/h8-13,17H,3-7H2,1-2H3,(H2,21,28,29)(H,22,23,24).